The summed E-state index contributed by atoms with van der Waals surface area (Å²) >= 11 is 12.4. The molecule has 0 spiro atoms. The smallest absolute Gasteiger partial charge is 0.156 e. The maximum Gasteiger partial charge on any atom is 0.156 e. The lowest BCUT2D eigenvalue weighted by molar-refractivity contribution is 0.317. The predicted octanol–water partition coefficient (Wildman–Crippen LogP) is 5.25. The minimum Gasteiger partial charge on any atom is -0.490 e. The highest BCUT2D eigenvalue weighted by molar-refractivity contribution is 6.37. The molecule has 0 aliphatic carbocycles. The zero-order valence-electron chi connectivity index (χ0n) is 13.0. The van der Waals surface area contributed by atoms with Gasteiger partial charge in [-0.3, -0.25) is 0 Å². The normalized spacial score (nSPS) is 10.8. The van der Waals surface area contributed by atoms with Crippen molar-refractivity contribution >= 4 is 23.2 Å². The van der Waals surface area contributed by atoms with Crippen LogP contribution < -0.4 is 10.1 Å². The average Bonchev–Trinajstić information content (AvgIpc) is 2.52. The van der Waals surface area contributed by atoms with Gasteiger partial charge >= 0.3 is 0 Å². The Morgan fingerprint density at radius 2 is 1.83 bits per heavy atom. The van der Waals surface area contributed by atoms with Gasteiger partial charge in [-0.05, 0) is 48.7 Å². The first-order chi connectivity index (χ1) is 11.1. The Balaban J connectivity index is 1.87. The van der Waals surface area contributed by atoms with Crippen molar-refractivity contribution in [1.29, 1.82) is 0 Å². The van der Waals surface area contributed by atoms with Crippen LogP contribution in [0.25, 0.3) is 0 Å². The standard InChI is InChI=1S/C18H20Cl2FNO/c1-2-9-23-18-15(19)10-13(11-16(18)20)12-22-8-7-14-5-3-4-6-17(14)21/h3-6,10-11,22H,2,7-9,12H2,1H3. The number of rotatable bonds is 8. The lowest BCUT2D eigenvalue weighted by atomic mass is 10.1. The molecule has 2 rings (SSSR count). The number of nitrogens with one attached hydrogen (secondary N) is 1. The number of hydrogen-bond acceptors (Lipinski definition) is 2. The van der Waals surface area contributed by atoms with E-state index in [4.69, 9.17) is 27.9 Å². The largest absolute Gasteiger partial charge is 0.490 e. The highest BCUT2D eigenvalue weighted by atomic mass is 35.5. The topological polar surface area (TPSA) is 21.3 Å². The third kappa shape index (κ3) is 5.38. The van der Waals surface area contributed by atoms with Crippen molar-refractivity contribution in [2.24, 2.45) is 0 Å². The molecule has 0 heterocycles. The van der Waals surface area contributed by atoms with Crippen LogP contribution >= 0.6 is 23.2 Å². The molecule has 124 valence electrons. The van der Waals surface area contributed by atoms with Crippen molar-refractivity contribution in [3.63, 3.8) is 0 Å². The van der Waals surface area contributed by atoms with Crippen molar-refractivity contribution < 1.29 is 9.13 Å². The monoisotopic (exact) mass is 355 g/mol. The number of benzene rings is 2. The maximum absolute atomic E-state index is 13.5. The fraction of sp³-hybridized carbons (Fsp3) is 0.333. The van der Waals surface area contributed by atoms with E-state index in [1.54, 1.807) is 12.1 Å². The Morgan fingerprint density at radius 1 is 1.13 bits per heavy atom. The second kappa shape index (κ2) is 9.11. The highest BCUT2D eigenvalue weighted by Gasteiger charge is 2.09. The van der Waals surface area contributed by atoms with Crippen LogP contribution in [0.3, 0.4) is 0 Å². The van der Waals surface area contributed by atoms with E-state index in [9.17, 15) is 4.39 Å². The van der Waals surface area contributed by atoms with Gasteiger partial charge in [-0.25, -0.2) is 4.39 Å². The lowest BCUT2D eigenvalue weighted by Gasteiger charge is -2.12. The lowest BCUT2D eigenvalue weighted by Crippen LogP contribution is -2.17. The first kappa shape index (κ1) is 18.1. The van der Waals surface area contributed by atoms with Crippen LogP contribution in [0.2, 0.25) is 10.0 Å². The fourth-order valence-electron chi connectivity index (χ4n) is 2.21. The van der Waals surface area contributed by atoms with E-state index in [0.29, 0.717) is 47.5 Å². The van der Waals surface area contributed by atoms with E-state index in [1.807, 2.05) is 25.1 Å². The van der Waals surface area contributed by atoms with Crippen LogP contribution in [0.1, 0.15) is 24.5 Å². The highest BCUT2D eigenvalue weighted by Crippen LogP contribution is 2.34. The molecule has 2 nitrogen and oxygen atoms in total. The van der Waals surface area contributed by atoms with Crippen LogP contribution in [-0.4, -0.2) is 13.2 Å². The summed E-state index contributed by atoms with van der Waals surface area (Å²) in [6.45, 7) is 3.89. The second-order valence-electron chi connectivity index (χ2n) is 5.26. The summed E-state index contributed by atoms with van der Waals surface area (Å²) in [6, 6.07) is 10.5. The number of hydrogen-bond donors (Lipinski definition) is 1. The molecule has 2 aromatic rings. The molecule has 0 saturated heterocycles. The molecule has 0 bridgehead atoms. The van der Waals surface area contributed by atoms with Crippen LogP contribution in [0.5, 0.6) is 5.75 Å². The van der Waals surface area contributed by atoms with E-state index in [0.717, 1.165) is 12.0 Å². The van der Waals surface area contributed by atoms with E-state index < -0.39 is 0 Å². The molecule has 1 N–H and O–H groups in total. The Labute approximate surface area is 146 Å². The number of halogens is 3. The van der Waals surface area contributed by atoms with E-state index >= 15 is 0 Å². The molecule has 0 amide bonds. The third-order valence-electron chi connectivity index (χ3n) is 3.37. The third-order valence-corrected chi connectivity index (χ3v) is 3.93. The van der Waals surface area contributed by atoms with Crippen LogP contribution in [0.15, 0.2) is 36.4 Å². The first-order valence-electron chi connectivity index (χ1n) is 7.66. The summed E-state index contributed by atoms with van der Waals surface area (Å²) in [5, 5.41) is 4.29. The molecule has 5 heteroatoms. The number of ether oxygens (including phenoxy) is 1. The molecule has 0 aromatic heterocycles. The van der Waals surface area contributed by atoms with Gasteiger partial charge in [0.05, 0.1) is 16.7 Å². The van der Waals surface area contributed by atoms with Crippen LogP contribution in [0, 0.1) is 5.82 Å². The zero-order chi connectivity index (χ0) is 16.7. The summed E-state index contributed by atoms with van der Waals surface area (Å²) in [7, 11) is 0. The molecule has 0 radical (unpaired) electrons. The van der Waals surface area contributed by atoms with Crippen LogP contribution in [-0.2, 0) is 13.0 Å². The summed E-state index contributed by atoms with van der Waals surface area (Å²) < 4.78 is 19.1. The zero-order valence-corrected chi connectivity index (χ0v) is 14.6. The molecule has 0 atom stereocenters. The molecule has 0 saturated carbocycles. The summed E-state index contributed by atoms with van der Waals surface area (Å²) in [6.07, 6.45) is 1.53. The van der Waals surface area contributed by atoms with Gasteiger partial charge in [0.1, 0.15) is 5.82 Å². The summed E-state index contributed by atoms with van der Waals surface area (Å²) in [5.74, 6) is 0.364. The molecule has 0 aliphatic rings. The molecule has 0 aliphatic heterocycles. The molecule has 0 fully saturated rings. The van der Waals surface area contributed by atoms with Crippen molar-refractivity contribution in [2.45, 2.75) is 26.3 Å². The second-order valence-corrected chi connectivity index (χ2v) is 6.07. The maximum atomic E-state index is 13.5. The Kier molecular flexibility index (Phi) is 7.15. The van der Waals surface area contributed by atoms with Gasteiger partial charge < -0.3 is 10.1 Å². The average molecular weight is 356 g/mol. The van der Waals surface area contributed by atoms with Gasteiger partial charge in [0, 0.05) is 6.54 Å². The van der Waals surface area contributed by atoms with Gasteiger partial charge in [-0.2, -0.15) is 0 Å². The minimum atomic E-state index is -0.169. The molecule has 0 unspecified atom stereocenters. The van der Waals surface area contributed by atoms with Crippen molar-refractivity contribution in [1.82, 2.24) is 5.32 Å². The molecule has 23 heavy (non-hydrogen) atoms. The van der Waals surface area contributed by atoms with E-state index in [2.05, 4.69) is 5.32 Å². The van der Waals surface area contributed by atoms with Crippen LogP contribution in [0.4, 0.5) is 4.39 Å². The van der Waals surface area contributed by atoms with Gasteiger partial charge in [0.2, 0.25) is 0 Å². The van der Waals surface area contributed by atoms with E-state index in [-0.39, 0.29) is 5.82 Å². The van der Waals surface area contributed by atoms with Crippen molar-refractivity contribution in [2.75, 3.05) is 13.2 Å². The van der Waals surface area contributed by atoms with Crippen molar-refractivity contribution in [3.05, 3.63) is 63.4 Å². The molecular formula is C18H20Cl2FNO. The first-order valence-corrected chi connectivity index (χ1v) is 8.42. The van der Waals surface area contributed by atoms with Gasteiger partial charge in [0.25, 0.3) is 0 Å². The minimum absolute atomic E-state index is 0.169. The van der Waals surface area contributed by atoms with Gasteiger partial charge in [0.15, 0.2) is 5.75 Å². The SMILES string of the molecule is CCCOc1c(Cl)cc(CNCCc2ccccc2F)cc1Cl. The molecule has 2 aromatic carbocycles. The molecular weight excluding hydrogens is 336 g/mol. The Morgan fingerprint density at radius 3 is 2.48 bits per heavy atom. The Bertz CT molecular complexity index is 626. The van der Waals surface area contributed by atoms with Crippen molar-refractivity contribution in [3.8, 4) is 5.75 Å². The fourth-order valence-corrected chi connectivity index (χ4v) is 2.85. The van der Waals surface area contributed by atoms with Gasteiger partial charge in [-0.15, -0.1) is 0 Å². The van der Waals surface area contributed by atoms with Gasteiger partial charge in [-0.1, -0.05) is 48.3 Å². The van der Waals surface area contributed by atoms with E-state index in [1.165, 1.54) is 6.07 Å². The quantitative estimate of drug-likeness (QED) is 0.652. The summed E-state index contributed by atoms with van der Waals surface area (Å²) in [5.41, 5.74) is 1.68. The Hall–Kier alpha value is -1.29. The predicted molar refractivity (Wildman–Crippen MR) is 94.1 cm³/mol. The summed E-state index contributed by atoms with van der Waals surface area (Å²) in [4.78, 5) is 0.